The number of fused-ring (bicyclic) bond motifs is 3. The third-order valence-corrected chi connectivity index (χ3v) is 5.21. The molecule has 2 aromatic carbocycles. The summed E-state index contributed by atoms with van der Waals surface area (Å²) in [6.07, 6.45) is 0.289. The number of hydrogen-bond donors (Lipinski definition) is 0. The van der Waals surface area contributed by atoms with Gasteiger partial charge in [-0.05, 0) is 39.0 Å². The van der Waals surface area contributed by atoms with Crippen molar-refractivity contribution in [2.24, 2.45) is 0 Å². The normalized spacial score (nSPS) is 20.2. The van der Waals surface area contributed by atoms with E-state index < -0.39 is 0 Å². The highest BCUT2D eigenvalue weighted by molar-refractivity contribution is 5.93. The summed E-state index contributed by atoms with van der Waals surface area (Å²) in [4.78, 5) is 7.32. The Bertz CT molecular complexity index is 1160. The summed E-state index contributed by atoms with van der Waals surface area (Å²) in [7, 11) is 0. The predicted octanol–water partition coefficient (Wildman–Crippen LogP) is 3.87. The van der Waals surface area contributed by atoms with Crippen LogP contribution >= 0.6 is 0 Å². The molecule has 0 amide bonds. The van der Waals surface area contributed by atoms with Gasteiger partial charge in [0.25, 0.3) is 0 Å². The molecule has 142 valence electrons. The average Bonchev–Trinajstić information content (AvgIpc) is 3.12. The maximum Gasteiger partial charge on any atom is 0.213 e. The average molecular weight is 373 g/mol. The third-order valence-electron chi connectivity index (χ3n) is 5.21. The number of ether oxygens (including phenoxy) is 1. The number of nitrogens with zero attached hydrogens (tertiary/aromatic N) is 5. The van der Waals surface area contributed by atoms with E-state index in [0.717, 1.165) is 47.0 Å². The largest absolute Gasteiger partial charge is 0.372 e. The van der Waals surface area contributed by atoms with Gasteiger partial charge in [-0.2, -0.15) is 0 Å². The SMILES string of the molecule is Cc1cccc(-c2nnc3c4ccccc4nc(N4CC(C)OC(C)C4)n23)c1. The van der Waals surface area contributed by atoms with E-state index in [1.165, 1.54) is 5.56 Å². The van der Waals surface area contributed by atoms with Crippen molar-refractivity contribution in [3.8, 4) is 11.4 Å². The zero-order valence-electron chi connectivity index (χ0n) is 16.3. The van der Waals surface area contributed by atoms with Gasteiger partial charge in [-0.25, -0.2) is 9.38 Å². The molecule has 3 heterocycles. The Balaban J connectivity index is 1.80. The van der Waals surface area contributed by atoms with Crippen LogP contribution in [0.5, 0.6) is 0 Å². The van der Waals surface area contributed by atoms with Crippen LogP contribution in [0.15, 0.2) is 48.5 Å². The molecule has 6 heteroatoms. The van der Waals surface area contributed by atoms with Gasteiger partial charge >= 0.3 is 0 Å². The number of anilines is 1. The zero-order valence-corrected chi connectivity index (χ0v) is 16.3. The molecule has 28 heavy (non-hydrogen) atoms. The summed E-state index contributed by atoms with van der Waals surface area (Å²) in [6, 6.07) is 16.5. The quantitative estimate of drug-likeness (QED) is 0.534. The standard InChI is InChI=1S/C22H23N5O/c1-14-7-6-8-17(11-14)20-24-25-21-18-9-4-5-10-19(18)23-22(27(20)21)26-12-15(2)28-16(3)13-26/h4-11,15-16H,12-13H2,1-3H3. The fourth-order valence-electron chi connectivity index (χ4n) is 4.09. The summed E-state index contributed by atoms with van der Waals surface area (Å²) >= 11 is 0. The van der Waals surface area contributed by atoms with Gasteiger partial charge in [0.15, 0.2) is 11.5 Å². The first-order valence-corrected chi connectivity index (χ1v) is 9.71. The Morgan fingerprint density at radius 1 is 0.964 bits per heavy atom. The van der Waals surface area contributed by atoms with E-state index in [4.69, 9.17) is 9.72 Å². The molecule has 1 saturated heterocycles. The van der Waals surface area contributed by atoms with Gasteiger partial charge in [-0.15, -0.1) is 10.2 Å². The molecule has 4 aromatic rings. The molecule has 2 aromatic heterocycles. The molecule has 5 rings (SSSR count). The maximum absolute atomic E-state index is 5.94. The Labute approximate surface area is 163 Å². The molecular formula is C22H23N5O. The maximum atomic E-state index is 5.94. The van der Waals surface area contributed by atoms with E-state index in [0.29, 0.717) is 0 Å². The molecule has 2 atom stereocenters. The molecule has 0 spiro atoms. The van der Waals surface area contributed by atoms with Crippen molar-refractivity contribution in [1.29, 1.82) is 0 Å². The lowest BCUT2D eigenvalue weighted by molar-refractivity contribution is -0.00576. The lowest BCUT2D eigenvalue weighted by atomic mass is 10.1. The summed E-state index contributed by atoms with van der Waals surface area (Å²) < 4.78 is 8.04. The van der Waals surface area contributed by atoms with E-state index in [-0.39, 0.29) is 12.2 Å². The highest BCUT2D eigenvalue weighted by Crippen LogP contribution is 2.30. The van der Waals surface area contributed by atoms with Gasteiger partial charge in [-0.1, -0.05) is 35.9 Å². The Morgan fingerprint density at radius 3 is 2.54 bits per heavy atom. The number of benzene rings is 2. The van der Waals surface area contributed by atoms with Crippen molar-refractivity contribution in [2.75, 3.05) is 18.0 Å². The second-order valence-corrected chi connectivity index (χ2v) is 7.64. The zero-order chi connectivity index (χ0) is 19.3. The molecule has 2 unspecified atom stereocenters. The first-order chi connectivity index (χ1) is 13.6. The van der Waals surface area contributed by atoms with Gasteiger partial charge < -0.3 is 9.64 Å². The first-order valence-electron chi connectivity index (χ1n) is 9.71. The van der Waals surface area contributed by atoms with Crippen LogP contribution in [-0.2, 0) is 4.74 Å². The summed E-state index contributed by atoms with van der Waals surface area (Å²) in [5.41, 5.74) is 4.00. The fourth-order valence-corrected chi connectivity index (χ4v) is 4.09. The summed E-state index contributed by atoms with van der Waals surface area (Å²) in [6.45, 7) is 7.88. The number of morpholine rings is 1. The molecule has 0 N–H and O–H groups in total. The molecular weight excluding hydrogens is 350 g/mol. The second-order valence-electron chi connectivity index (χ2n) is 7.64. The third kappa shape index (κ3) is 2.81. The number of rotatable bonds is 2. The van der Waals surface area contributed by atoms with Gasteiger partial charge in [0, 0.05) is 24.0 Å². The minimum Gasteiger partial charge on any atom is -0.372 e. The number of aromatic nitrogens is 4. The monoisotopic (exact) mass is 373 g/mol. The van der Waals surface area contributed by atoms with Crippen LogP contribution < -0.4 is 4.90 Å². The highest BCUT2D eigenvalue weighted by atomic mass is 16.5. The first kappa shape index (κ1) is 17.1. The molecule has 0 bridgehead atoms. The Morgan fingerprint density at radius 2 is 1.75 bits per heavy atom. The smallest absolute Gasteiger partial charge is 0.213 e. The summed E-state index contributed by atoms with van der Waals surface area (Å²) in [5, 5.41) is 10.1. The lowest BCUT2D eigenvalue weighted by Gasteiger charge is -2.36. The van der Waals surface area contributed by atoms with E-state index in [9.17, 15) is 0 Å². The minimum absolute atomic E-state index is 0.144. The van der Waals surface area contributed by atoms with Gasteiger partial charge in [0.1, 0.15) is 0 Å². The van der Waals surface area contributed by atoms with E-state index in [1.807, 2.05) is 18.2 Å². The van der Waals surface area contributed by atoms with Gasteiger partial charge in [0.05, 0.1) is 17.7 Å². The van der Waals surface area contributed by atoms with Crippen molar-refractivity contribution in [3.63, 3.8) is 0 Å². The molecule has 6 nitrogen and oxygen atoms in total. The Kier molecular flexibility index (Phi) is 4.02. The van der Waals surface area contributed by atoms with Crippen LogP contribution in [0.25, 0.3) is 27.9 Å². The van der Waals surface area contributed by atoms with Crippen molar-refractivity contribution < 1.29 is 4.74 Å². The van der Waals surface area contributed by atoms with Gasteiger partial charge in [-0.3, -0.25) is 0 Å². The van der Waals surface area contributed by atoms with Crippen molar-refractivity contribution in [2.45, 2.75) is 33.0 Å². The fraction of sp³-hybridized carbons (Fsp3) is 0.318. The second kappa shape index (κ2) is 6.56. The van der Waals surface area contributed by atoms with E-state index in [1.54, 1.807) is 0 Å². The van der Waals surface area contributed by atoms with Crippen LogP contribution in [0, 0.1) is 6.92 Å². The molecule has 0 aliphatic carbocycles. The van der Waals surface area contributed by atoms with Crippen LogP contribution in [-0.4, -0.2) is 44.9 Å². The van der Waals surface area contributed by atoms with Crippen LogP contribution in [0.3, 0.4) is 0 Å². The molecule has 1 aliphatic rings. The molecule has 0 radical (unpaired) electrons. The number of aryl methyl sites for hydroxylation is 1. The van der Waals surface area contributed by atoms with Crippen molar-refractivity contribution >= 4 is 22.5 Å². The number of para-hydroxylation sites is 1. The van der Waals surface area contributed by atoms with Crippen LogP contribution in [0.4, 0.5) is 5.95 Å². The highest BCUT2D eigenvalue weighted by Gasteiger charge is 2.27. The molecule has 0 saturated carbocycles. The van der Waals surface area contributed by atoms with Gasteiger partial charge in [0.2, 0.25) is 5.95 Å². The lowest BCUT2D eigenvalue weighted by Crippen LogP contribution is -2.46. The minimum atomic E-state index is 0.144. The predicted molar refractivity (Wildman–Crippen MR) is 111 cm³/mol. The summed E-state index contributed by atoms with van der Waals surface area (Å²) in [5.74, 6) is 1.69. The van der Waals surface area contributed by atoms with Crippen LogP contribution in [0.1, 0.15) is 19.4 Å². The van der Waals surface area contributed by atoms with Crippen molar-refractivity contribution in [3.05, 3.63) is 54.1 Å². The molecule has 1 fully saturated rings. The number of hydrogen-bond acceptors (Lipinski definition) is 5. The Hall–Kier alpha value is -2.99. The van der Waals surface area contributed by atoms with E-state index >= 15 is 0 Å². The van der Waals surface area contributed by atoms with E-state index in [2.05, 4.69) is 70.6 Å². The molecule has 1 aliphatic heterocycles. The van der Waals surface area contributed by atoms with Crippen LogP contribution in [0.2, 0.25) is 0 Å². The topological polar surface area (TPSA) is 55.5 Å². The van der Waals surface area contributed by atoms with Crippen molar-refractivity contribution in [1.82, 2.24) is 19.6 Å².